The molecule has 0 radical (unpaired) electrons. The average Bonchev–Trinajstić information content (AvgIpc) is 3.14. The number of hydrogen-bond donors (Lipinski definition) is 10. The number of ketones is 2. The number of carbonyl (C=O) groups excluding carboxylic acids is 8. The molecule has 0 saturated carbocycles. The van der Waals surface area contributed by atoms with Crippen LogP contribution in [-0.2, 0) is 37.9 Å². The van der Waals surface area contributed by atoms with Crippen molar-refractivity contribution in [3.8, 4) is 0 Å². The zero-order chi connectivity index (χ0) is 44.1. The van der Waals surface area contributed by atoms with Gasteiger partial charge in [-0.25, -0.2) is 4.57 Å². The maximum atomic E-state index is 14.3. The summed E-state index contributed by atoms with van der Waals surface area (Å²) in [6.07, 6.45) is -3.21. The molecule has 8 unspecified atom stereocenters. The Morgan fingerprint density at radius 3 is 1.22 bits per heavy atom. The Hall–Kier alpha value is -5.37. The zero-order valence-corrected chi connectivity index (χ0v) is 33.6. The van der Waals surface area contributed by atoms with Gasteiger partial charge in [0.2, 0.25) is 35.4 Å². The number of carbonyl (C=O) groups is 8. The number of primary amides is 2. The van der Waals surface area contributed by atoms with Gasteiger partial charge in [0, 0.05) is 17.0 Å². The van der Waals surface area contributed by atoms with E-state index in [9.17, 15) is 52.7 Å². The van der Waals surface area contributed by atoms with Crippen molar-refractivity contribution in [2.24, 2.45) is 40.7 Å². The number of phosphoric ester groups is 1. The molecule has 14 N–H and O–H groups in total. The number of Topliss-reactive ketones (excluding diaryl/α,β-unsaturated/α-hetero) is 2. The van der Waals surface area contributed by atoms with Gasteiger partial charge in [0.25, 0.3) is 0 Å². The highest BCUT2D eigenvalue weighted by Crippen LogP contribution is 2.41. The topological polar surface area (TPSA) is 356 Å². The van der Waals surface area contributed by atoms with Crippen LogP contribution in [0.3, 0.4) is 0 Å². The lowest BCUT2D eigenvalue weighted by Gasteiger charge is -2.37. The molecular formula is C37H53N8O12P. The van der Waals surface area contributed by atoms with Crippen LogP contribution >= 0.6 is 7.82 Å². The second kappa shape index (κ2) is 22.0. The Morgan fingerprint density at radius 1 is 0.569 bits per heavy atom. The van der Waals surface area contributed by atoms with Crippen molar-refractivity contribution < 1.29 is 57.2 Å². The summed E-state index contributed by atoms with van der Waals surface area (Å²) in [6.45, 7) is 7.39. The highest BCUT2D eigenvalue weighted by molar-refractivity contribution is 7.46. The van der Waals surface area contributed by atoms with Gasteiger partial charge in [0.15, 0.2) is 11.6 Å². The molecule has 318 valence electrons. The number of rotatable bonds is 23. The standard InChI is InChI=1S/C37H53N8O12P/c1-18(2)27(42-34(50)23(38)16-25(40)46)36(52)44-29(31(48)21-12-8-6-9-13-21)20(5)33(57-58(54,55)56)30(32(49)22-14-10-7-11-15-22)45-37(53)28(19(3)4)43-35(51)24(39)17-26(41)47/h6-15,18-20,23-24,27-30,33H,16-17,38-39H2,1-5H3,(H2,40,46)(H2,41,47)(H,42,50)(H,43,51)(H,44,52)(H,45,53)(H2,54,55,56). The summed E-state index contributed by atoms with van der Waals surface area (Å²) in [5.74, 6) is -10.4. The molecule has 0 bridgehead atoms. The van der Waals surface area contributed by atoms with E-state index in [1.165, 1.54) is 69.3 Å². The maximum absolute atomic E-state index is 14.3. The van der Waals surface area contributed by atoms with Crippen LogP contribution in [0, 0.1) is 17.8 Å². The molecule has 20 nitrogen and oxygen atoms in total. The summed E-state index contributed by atoms with van der Waals surface area (Å²) in [5, 5.41) is 9.78. The van der Waals surface area contributed by atoms with Crippen LogP contribution in [-0.4, -0.2) is 99.2 Å². The first-order chi connectivity index (χ1) is 26.9. The molecule has 58 heavy (non-hydrogen) atoms. The number of hydrogen-bond acceptors (Lipinski definition) is 12. The molecule has 2 aromatic rings. The van der Waals surface area contributed by atoms with Gasteiger partial charge in [0.1, 0.15) is 24.2 Å². The van der Waals surface area contributed by atoms with E-state index in [2.05, 4.69) is 21.3 Å². The van der Waals surface area contributed by atoms with E-state index < -0.39 is 128 Å². The van der Waals surface area contributed by atoms with Gasteiger partial charge in [-0.2, -0.15) is 0 Å². The Balaban J connectivity index is 2.77. The summed E-state index contributed by atoms with van der Waals surface area (Å²) in [5.41, 5.74) is 21.8. The van der Waals surface area contributed by atoms with Gasteiger partial charge in [-0.15, -0.1) is 0 Å². The van der Waals surface area contributed by atoms with Crippen molar-refractivity contribution in [2.75, 3.05) is 0 Å². The fourth-order valence-corrected chi connectivity index (χ4v) is 6.43. The Kier molecular flexibility index (Phi) is 18.5. The van der Waals surface area contributed by atoms with Gasteiger partial charge < -0.3 is 54.0 Å². The highest BCUT2D eigenvalue weighted by atomic mass is 31.2. The Bertz CT molecular complexity index is 1840. The lowest BCUT2D eigenvalue weighted by atomic mass is 9.83. The van der Waals surface area contributed by atoms with E-state index in [-0.39, 0.29) is 11.1 Å². The van der Waals surface area contributed by atoms with Crippen LogP contribution in [0.1, 0.15) is 68.2 Å². The fourth-order valence-electron chi connectivity index (χ4n) is 5.80. The van der Waals surface area contributed by atoms with Crippen LogP contribution in [0.4, 0.5) is 0 Å². The normalized spacial score (nSPS) is 15.7. The molecule has 0 heterocycles. The number of amides is 6. The van der Waals surface area contributed by atoms with E-state index >= 15 is 0 Å². The molecular weight excluding hydrogens is 779 g/mol. The van der Waals surface area contributed by atoms with Gasteiger partial charge in [-0.3, -0.25) is 42.9 Å². The summed E-state index contributed by atoms with van der Waals surface area (Å²) >= 11 is 0. The number of nitrogens with two attached hydrogens (primary N) is 4. The summed E-state index contributed by atoms with van der Waals surface area (Å²) in [6, 6.07) is 5.08. The first kappa shape index (κ1) is 48.8. The van der Waals surface area contributed by atoms with E-state index in [0.717, 1.165) is 0 Å². The van der Waals surface area contributed by atoms with Gasteiger partial charge in [-0.1, -0.05) is 95.3 Å². The highest BCUT2D eigenvalue weighted by Gasteiger charge is 2.46. The van der Waals surface area contributed by atoms with Crippen molar-refractivity contribution in [2.45, 2.75) is 89.8 Å². The third-order valence-electron chi connectivity index (χ3n) is 8.92. The maximum Gasteiger partial charge on any atom is 0.469 e. The molecule has 0 aliphatic rings. The third-order valence-corrected chi connectivity index (χ3v) is 9.44. The Morgan fingerprint density at radius 2 is 0.897 bits per heavy atom. The van der Waals surface area contributed by atoms with E-state index in [4.69, 9.17) is 27.5 Å². The third kappa shape index (κ3) is 14.9. The monoisotopic (exact) mass is 832 g/mol. The largest absolute Gasteiger partial charge is 0.469 e. The lowest BCUT2D eigenvalue weighted by molar-refractivity contribution is -0.132. The molecule has 0 aliphatic carbocycles. The molecule has 0 aromatic heterocycles. The van der Waals surface area contributed by atoms with Gasteiger partial charge >= 0.3 is 7.82 Å². The van der Waals surface area contributed by atoms with Gasteiger partial charge in [0.05, 0.1) is 31.0 Å². The van der Waals surface area contributed by atoms with Gasteiger partial charge in [-0.05, 0) is 11.8 Å². The van der Waals surface area contributed by atoms with E-state index in [1.54, 1.807) is 26.0 Å². The molecule has 6 amide bonds. The van der Waals surface area contributed by atoms with Crippen LogP contribution < -0.4 is 44.2 Å². The summed E-state index contributed by atoms with van der Waals surface area (Å²) in [7, 11) is -5.62. The SMILES string of the molecule is CC(C)C(NC(=O)C(N)CC(N)=O)C(=O)NC(C(=O)c1ccccc1)C(C)C(OP(=O)(O)O)C(NC(=O)C(NC(=O)C(N)CC(N)=O)C(C)C)C(=O)c1ccccc1. The quantitative estimate of drug-likeness (QED) is 0.0451. The molecule has 8 atom stereocenters. The number of phosphoric acid groups is 1. The summed E-state index contributed by atoms with van der Waals surface area (Å²) < 4.78 is 17.9. The van der Waals surface area contributed by atoms with Crippen molar-refractivity contribution in [3.63, 3.8) is 0 Å². The molecule has 21 heteroatoms. The predicted molar refractivity (Wildman–Crippen MR) is 209 cm³/mol. The zero-order valence-electron chi connectivity index (χ0n) is 32.7. The van der Waals surface area contributed by atoms with E-state index in [0.29, 0.717) is 0 Å². The minimum absolute atomic E-state index is 0.00745. The fraction of sp³-hybridized carbons (Fsp3) is 0.459. The van der Waals surface area contributed by atoms with Crippen LogP contribution in [0.5, 0.6) is 0 Å². The van der Waals surface area contributed by atoms with Crippen LogP contribution in [0.2, 0.25) is 0 Å². The first-order valence-electron chi connectivity index (χ1n) is 18.2. The second-order valence-corrected chi connectivity index (χ2v) is 15.6. The molecule has 0 aliphatic heterocycles. The minimum Gasteiger partial charge on any atom is -0.370 e. The van der Waals surface area contributed by atoms with Crippen molar-refractivity contribution in [1.29, 1.82) is 0 Å². The van der Waals surface area contributed by atoms with Crippen molar-refractivity contribution >= 4 is 54.8 Å². The van der Waals surface area contributed by atoms with Crippen molar-refractivity contribution in [1.82, 2.24) is 21.3 Å². The summed E-state index contributed by atoms with van der Waals surface area (Å²) in [4.78, 5) is 126. The molecule has 2 rings (SSSR count). The van der Waals surface area contributed by atoms with Crippen LogP contribution in [0.15, 0.2) is 60.7 Å². The smallest absolute Gasteiger partial charge is 0.370 e. The Labute approximate surface area is 335 Å². The second-order valence-electron chi connectivity index (χ2n) is 14.4. The lowest BCUT2D eigenvalue weighted by Crippen LogP contribution is -2.62. The van der Waals surface area contributed by atoms with Crippen LogP contribution in [0.25, 0.3) is 0 Å². The minimum atomic E-state index is -5.62. The van der Waals surface area contributed by atoms with E-state index in [1.807, 2.05) is 0 Å². The molecule has 2 aromatic carbocycles. The van der Waals surface area contributed by atoms with Crippen molar-refractivity contribution in [3.05, 3.63) is 71.8 Å². The predicted octanol–water partition coefficient (Wildman–Crippen LogP) is -1.48. The molecule has 0 saturated heterocycles. The first-order valence-corrected chi connectivity index (χ1v) is 19.7. The molecule has 0 spiro atoms. The molecule has 0 fully saturated rings. The number of nitrogens with one attached hydrogen (secondary N) is 4. The number of benzene rings is 2. The average molecular weight is 833 g/mol.